The number of ketones is 1. The number of benzene rings is 2. The average Bonchev–Trinajstić information content (AvgIpc) is 3.53. The van der Waals surface area contributed by atoms with Crippen LogP contribution in [0.4, 0.5) is 0 Å². The second-order valence-corrected chi connectivity index (χ2v) is 8.64. The molecule has 1 amide bonds. The molecule has 1 aliphatic heterocycles. The number of aliphatic hydroxyl groups excluding tert-OH is 1. The van der Waals surface area contributed by atoms with Crippen molar-refractivity contribution in [2.24, 2.45) is 0 Å². The predicted molar refractivity (Wildman–Crippen MR) is 136 cm³/mol. The lowest BCUT2D eigenvalue weighted by molar-refractivity contribution is -0.139. The highest BCUT2D eigenvalue weighted by Crippen LogP contribution is 2.40. The number of aryl methyl sites for hydroxylation is 1. The molecule has 9 nitrogen and oxygen atoms in total. The van der Waals surface area contributed by atoms with E-state index in [1.165, 1.54) is 12.0 Å². The third-order valence-electron chi connectivity index (χ3n) is 6.14. The number of rotatable bonds is 10. The summed E-state index contributed by atoms with van der Waals surface area (Å²) >= 11 is 0. The number of Topliss-reactive ketones (excluding diaryl/α,β-unsaturated/α-hetero) is 1. The Labute approximate surface area is 214 Å². The van der Waals surface area contributed by atoms with Crippen molar-refractivity contribution in [2.45, 2.75) is 32.4 Å². The van der Waals surface area contributed by atoms with Crippen LogP contribution in [0.5, 0.6) is 5.75 Å². The Bertz CT molecular complexity index is 1300. The molecule has 1 atom stereocenters. The Morgan fingerprint density at radius 1 is 1.08 bits per heavy atom. The zero-order valence-corrected chi connectivity index (χ0v) is 20.8. The van der Waals surface area contributed by atoms with E-state index in [1.54, 1.807) is 61.1 Å². The van der Waals surface area contributed by atoms with Gasteiger partial charge in [0.1, 0.15) is 11.5 Å². The molecule has 1 N–H and O–H groups in total. The molecule has 9 heteroatoms. The van der Waals surface area contributed by atoms with Crippen LogP contribution in [0.25, 0.3) is 5.76 Å². The van der Waals surface area contributed by atoms with Gasteiger partial charge in [0.2, 0.25) is 0 Å². The summed E-state index contributed by atoms with van der Waals surface area (Å²) < 4.78 is 12.3. The summed E-state index contributed by atoms with van der Waals surface area (Å²) in [6.07, 6.45) is 6.57. The third-order valence-corrected chi connectivity index (χ3v) is 6.14. The summed E-state index contributed by atoms with van der Waals surface area (Å²) in [4.78, 5) is 43.8. The first kappa shape index (κ1) is 25.7. The lowest BCUT2D eigenvalue weighted by Gasteiger charge is -2.25. The largest absolute Gasteiger partial charge is 0.507 e. The summed E-state index contributed by atoms with van der Waals surface area (Å²) in [5.41, 5.74) is 1.30. The fraction of sp³-hybridized carbons (Fsp3) is 0.286. The molecule has 3 aromatic rings. The molecule has 1 fully saturated rings. The summed E-state index contributed by atoms with van der Waals surface area (Å²) in [5.74, 6) is -1.67. The van der Waals surface area contributed by atoms with Crippen LogP contribution >= 0.6 is 0 Å². The maximum atomic E-state index is 13.3. The number of esters is 1. The number of nitrogens with zero attached hydrogens (tertiary/aromatic N) is 3. The van der Waals surface area contributed by atoms with Crippen molar-refractivity contribution in [3.8, 4) is 5.75 Å². The maximum absolute atomic E-state index is 13.3. The highest BCUT2D eigenvalue weighted by atomic mass is 16.5. The molecular formula is C28H29N3O6. The van der Waals surface area contributed by atoms with E-state index in [2.05, 4.69) is 4.98 Å². The van der Waals surface area contributed by atoms with Crippen LogP contribution in [0.15, 0.2) is 72.8 Å². The standard InChI is InChI=1S/C28H29N3O6/c1-3-16-37-22-7-4-6-21(17-22)25(32)23-24(19-8-10-20(11-9-19)28(35)36-2)31(27(34)26(23)33)14-5-13-30-15-12-29-18-30/h4,6-12,15,17-18,24,32H,3,5,13-14,16H2,1-2H3/b25-23+. The Morgan fingerprint density at radius 3 is 2.54 bits per heavy atom. The number of hydrogen-bond acceptors (Lipinski definition) is 7. The highest BCUT2D eigenvalue weighted by Gasteiger charge is 2.45. The van der Waals surface area contributed by atoms with Gasteiger partial charge in [-0.05, 0) is 42.7 Å². The lowest BCUT2D eigenvalue weighted by atomic mass is 9.94. The Balaban J connectivity index is 1.73. The molecule has 1 saturated heterocycles. The normalized spacial score (nSPS) is 16.7. The van der Waals surface area contributed by atoms with Crippen molar-refractivity contribution in [2.75, 3.05) is 20.3 Å². The van der Waals surface area contributed by atoms with Crippen molar-refractivity contribution < 1.29 is 29.0 Å². The van der Waals surface area contributed by atoms with E-state index in [-0.39, 0.29) is 17.9 Å². The minimum absolute atomic E-state index is 0.00825. The Kier molecular flexibility index (Phi) is 8.02. The number of ether oxygens (including phenoxy) is 2. The van der Waals surface area contributed by atoms with E-state index >= 15 is 0 Å². The second kappa shape index (κ2) is 11.6. The summed E-state index contributed by atoms with van der Waals surface area (Å²) in [7, 11) is 1.30. The molecular weight excluding hydrogens is 474 g/mol. The molecule has 1 unspecified atom stereocenters. The van der Waals surface area contributed by atoms with Gasteiger partial charge in [0.15, 0.2) is 0 Å². The van der Waals surface area contributed by atoms with Crippen molar-refractivity contribution in [3.63, 3.8) is 0 Å². The van der Waals surface area contributed by atoms with Gasteiger partial charge >= 0.3 is 5.97 Å². The molecule has 192 valence electrons. The minimum Gasteiger partial charge on any atom is -0.507 e. The molecule has 0 aliphatic carbocycles. The molecule has 1 aliphatic rings. The van der Waals surface area contributed by atoms with E-state index in [9.17, 15) is 19.5 Å². The average molecular weight is 504 g/mol. The molecule has 0 saturated carbocycles. The van der Waals surface area contributed by atoms with Crippen LogP contribution in [-0.4, -0.2) is 57.5 Å². The molecule has 2 aromatic carbocycles. The topological polar surface area (TPSA) is 111 Å². The van der Waals surface area contributed by atoms with Crippen LogP contribution in [0.1, 0.15) is 47.3 Å². The fourth-order valence-corrected chi connectivity index (χ4v) is 4.33. The number of amides is 1. The van der Waals surface area contributed by atoms with Crippen molar-refractivity contribution >= 4 is 23.4 Å². The zero-order chi connectivity index (χ0) is 26.4. The van der Waals surface area contributed by atoms with E-state index in [0.717, 1.165) is 6.42 Å². The van der Waals surface area contributed by atoms with E-state index in [0.29, 0.717) is 42.0 Å². The number of imidazole rings is 1. The van der Waals surface area contributed by atoms with Crippen molar-refractivity contribution in [1.29, 1.82) is 0 Å². The molecule has 0 radical (unpaired) electrons. The molecule has 1 aromatic heterocycles. The number of likely N-dealkylation sites (tertiary alicyclic amines) is 1. The number of aliphatic hydroxyl groups is 1. The Hall–Kier alpha value is -4.40. The smallest absolute Gasteiger partial charge is 0.337 e. The third kappa shape index (κ3) is 5.55. The van der Waals surface area contributed by atoms with Crippen LogP contribution < -0.4 is 4.74 Å². The minimum atomic E-state index is -0.824. The molecule has 0 spiro atoms. The second-order valence-electron chi connectivity index (χ2n) is 8.64. The molecule has 4 rings (SSSR count). The van der Waals surface area contributed by atoms with Crippen LogP contribution in [0.3, 0.4) is 0 Å². The first-order valence-corrected chi connectivity index (χ1v) is 12.1. The van der Waals surface area contributed by atoms with Crippen LogP contribution in [-0.2, 0) is 20.9 Å². The number of carbonyl (C=O) groups is 3. The molecule has 37 heavy (non-hydrogen) atoms. The van der Waals surface area contributed by atoms with E-state index in [4.69, 9.17) is 9.47 Å². The zero-order valence-electron chi connectivity index (χ0n) is 20.8. The first-order chi connectivity index (χ1) is 17.9. The van der Waals surface area contributed by atoms with Crippen molar-refractivity contribution in [1.82, 2.24) is 14.5 Å². The van der Waals surface area contributed by atoms with Crippen LogP contribution in [0, 0.1) is 0 Å². The van der Waals surface area contributed by atoms with E-state index < -0.39 is 23.7 Å². The summed E-state index contributed by atoms with van der Waals surface area (Å²) in [5, 5.41) is 11.3. The summed E-state index contributed by atoms with van der Waals surface area (Å²) in [6.45, 7) is 3.39. The van der Waals surface area contributed by atoms with Gasteiger partial charge in [0.05, 0.1) is 37.2 Å². The van der Waals surface area contributed by atoms with E-state index in [1.807, 2.05) is 17.7 Å². The van der Waals surface area contributed by atoms with Gasteiger partial charge in [-0.3, -0.25) is 9.59 Å². The maximum Gasteiger partial charge on any atom is 0.337 e. The predicted octanol–water partition coefficient (Wildman–Crippen LogP) is 3.97. The molecule has 0 bridgehead atoms. The van der Waals surface area contributed by atoms with Crippen LogP contribution in [0.2, 0.25) is 0 Å². The van der Waals surface area contributed by atoms with Gasteiger partial charge in [-0.25, -0.2) is 9.78 Å². The van der Waals surface area contributed by atoms with Crippen molar-refractivity contribution in [3.05, 3.63) is 89.5 Å². The monoisotopic (exact) mass is 503 g/mol. The number of carbonyl (C=O) groups excluding carboxylic acids is 3. The highest BCUT2D eigenvalue weighted by molar-refractivity contribution is 6.46. The number of methoxy groups -OCH3 is 1. The summed E-state index contributed by atoms with van der Waals surface area (Å²) in [6, 6.07) is 12.5. The van der Waals surface area contributed by atoms with Gasteiger partial charge < -0.3 is 24.0 Å². The number of aromatic nitrogens is 2. The SMILES string of the molecule is CCCOc1cccc(/C(O)=C2\C(=O)C(=O)N(CCCn3ccnc3)C2c2ccc(C(=O)OC)cc2)c1. The van der Waals surface area contributed by atoms with Gasteiger partial charge in [-0.15, -0.1) is 0 Å². The quantitative estimate of drug-likeness (QED) is 0.193. The van der Waals surface area contributed by atoms with Gasteiger partial charge in [-0.1, -0.05) is 31.2 Å². The fourth-order valence-electron chi connectivity index (χ4n) is 4.33. The first-order valence-electron chi connectivity index (χ1n) is 12.1. The van der Waals surface area contributed by atoms with Gasteiger partial charge in [0, 0.05) is 31.0 Å². The lowest BCUT2D eigenvalue weighted by Crippen LogP contribution is -2.31. The molecule has 2 heterocycles. The van der Waals surface area contributed by atoms with Gasteiger partial charge in [-0.2, -0.15) is 0 Å². The van der Waals surface area contributed by atoms with Gasteiger partial charge in [0.25, 0.3) is 11.7 Å². The number of hydrogen-bond donors (Lipinski definition) is 1. The Morgan fingerprint density at radius 2 is 1.86 bits per heavy atom.